The van der Waals surface area contributed by atoms with E-state index in [1.165, 1.54) is 16.9 Å². The van der Waals surface area contributed by atoms with Crippen molar-refractivity contribution in [2.75, 3.05) is 79.2 Å². The van der Waals surface area contributed by atoms with Gasteiger partial charge in [0.15, 0.2) is 0 Å². The second-order valence-electron chi connectivity index (χ2n) is 9.10. The highest BCUT2D eigenvalue weighted by Crippen LogP contribution is 2.07. The Balaban J connectivity index is 2.00. The maximum Gasteiger partial charge on any atom is 0.224 e. The minimum absolute atomic E-state index is 0.0275. The van der Waals surface area contributed by atoms with Gasteiger partial charge in [-0.1, -0.05) is 61.2 Å². The van der Waals surface area contributed by atoms with Gasteiger partial charge in [-0.3, -0.25) is 4.79 Å². The maximum absolute atomic E-state index is 12.3. The van der Waals surface area contributed by atoms with Gasteiger partial charge in [0, 0.05) is 21.9 Å². The molecule has 0 fully saturated rings. The van der Waals surface area contributed by atoms with Crippen molar-refractivity contribution in [1.82, 2.24) is 5.32 Å². The molecule has 0 bridgehead atoms. The molecule has 8 nitrogen and oxygen atoms in total. The third-order valence-corrected chi connectivity index (χ3v) is 12.6. The molecule has 3 N–H and O–H groups in total. The van der Waals surface area contributed by atoms with E-state index in [2.05, 4.69) is 43.5 Å². The molecular formula is C27H50N2O6Si2. The largest absolute Gasteiger partial charge is 0.379 e. The molecule has 0 aliphatic heterocycles. The fourth-order valence-corrected chi connectivity index (χ4v) is 10.4. The van der Waals surface area contributed by atoms with Crippen molar-refractivity contribution in [2.45, 2.75) is 51.0 Å². The van der Waals surface area contributed by atoms with Crippen LogP contribution in [0.5, 0.6) is 0 Å². The minimum Gasteiger partial charge on any atom is -0.379 e. The monoisotopic (exact) mass is 554 g/mol. The van der Waals surface area contributed by atoms with E-state index in [0.717, 1.165) is 31.6 Å². The van der Waals surface area contributed by atoms with Crippen LogP contribution >= 0.6 is 0 Å². The van der Waals surface area contributed by atoms with Crippen LogP contribution < -0.4 is 16.2 Å². The van der Waals surface area contributed by atoms with Crippen LogP contribution in [0.15, 0.2) is 24.3 Å². The number of hydrogen-bond donors (Lipinski definition) is 2. The average molecular weight is 555 g/mol. The summed E-state index contributed by atoms with van der Waals surface area (Å²) in [5, 5.41) is 4.36. The van der Waals surface area contributed by atoms with Gasteiger partial charge >= 0.3 is 0 Å². The van der Waals surface area contributed by atoms with Crippen molar-refractivity contribution < 1.29 is 28.5 Å². The molecule has 10 heteroatoms. The third kappa shape index (κ3) is 19.6. The molecule has 0 aliphatic rings. The van der Waals surface area contributed by atoms with Gasteiger partial charge in [0.1, 0.15) is 0 Å². The van der Waals surface area contributed by atoms with Gasteiger partial charge in [-0.15, -0.1) is 0 Å². The minimum atomic E-state index is -0.575. The lowest BCUT2D eigenvalue weighted by molar-refractivity contribution is -0.120. The zero-order chi connectivity index (χ0) is 27.0. The molecular weight excluding hydrogens is 504 g/mol. The van der Waals surface area contributed by atoms with Crippen LogP contribution in [-0.4, -0.2) is 103 Å². The second kappa shape index (κ2) is 24.0. The Morgan fingerprint density at radius 3 is 2.00 bits per heavy atom. The zero-order valence-electron chi connectivity index (χ0n) is 23.4. The molecule has 1 aromatic rings. The summed E-state index contributed by atoms with van der Waals surface area (Å²) in [6.45, 7) is 13.8. The Kier molecular flexibility index (Phi) is 22.0. The summed E-state index contributed by atoms with van der Waals surface area (Å²) >= 11 is 0. The molecule has 0 spiro atoms. The van der Waals surface area contributed by atoms with Gasteiger partial charge in [0.2, 0.25) is 5.91 Å². The van der Waals surface area contributed by atoms with Crippen molar-refractivity contribution >= 4 is 28.7 Å². The van der Waals surface area contributed by atoms with Gasteiger partial charge in [-0.2, -0.15) is 0 Å². The second-order valence-corrected chi connectivity index (χ2v) is 15.1. The number of benzene rings is 1. The van der Waals surface area contributed by atoms with Gasteiger partial charge < -0.3 is 34.7 Å². The highest BCUT2D eigenvalue weighted by atomic mass is 28.3. The molecule has 1 aromatic carbocycles. The van der Waals surface area contributed by atoms with Gasteiger partial charge in [-0.05, 0) is 24.9 Å². The van der Waals surface area contributed by atoms with Crippen LogP contribution in [0.3, 0.4) is 0 Å². The third-order valence-electron chi connectivity index (χ3n) is 5.56. The summed E-state index contributed by atoms with van der Waals surface area (Å²) in [4.78, 5) is 12.3. The average Bonchev–Trinajstić information content (AvgIpc) is 2.89. The Hall–Kier alpha value is -1.12. The molecule has 0 saturated heterocycles. The normalized spacial score (nSPS) is 11.5. The van der Waals surface area contributed by atoms with Crippen LogP contribution in [0, 0.1) is 0 Å². The van der Waals surface area contributed by atoms with Crippen LogP contribution in [-0.2, 0) is 34.9 Å². The molecule has 1 rings (SSSR count). The Bertz CT molecular complexity index is 686. The van der Waals surface area contributed by atoms with Crippen LogP contribution in [0.1, 0.15) is 25.3 Å². The SMILES string of the molecule is CCCOCCOCCOCCOCCOCCNC(=O)Cc1cccc([Si](C)C[Si](C)CCCN)c1. The lowest BCUT2D eigenvalue weighted by atomic mass is 10.1. The summed E-state index contributed by atoms with van der Waals surface area (Å²) in [7, 11) is -0.893. The van der Waals surface area contributed by atoms with Gasteiger partial charge in [0.25, 0.3) is 0 Å². The highest BCUT2D eigenvalue weighted by Gasteiger charge is 2.14. The van der Waals surface area contributed by atoms with E-state index >= 15 is 0 Å². The van der Waals surface area contributed by atoms with Crippen molar-refractivity contribution in [1.29, 1.82) is 0 Å². The van der Waals surface area contributed by atoms with Crippen LogP contribution in [0.2, 0.25) is 24.8 Å². The standard InChI is InChI=1S/C27H50N2O6Si2/c1-4-11-31-13-15-33-17-19-35-20-18-34-16-14-32-12-10-29-27(30)23-25-7-5-8-26(22-25)37(3)24-36(2)21-6-9-28/h5,7-8,22H,4,6,9-21,23-24,28H2,1-3H3,(H,29,30). The Labute approximate surface area is 228 Å². The molecule has 2 radical (unpaired) electrons. The Morgan fingerprint density at radius 1 is 0.865 bits per heavy atom. The number of nitrogens with one attached hydrogen (secondary N) is 1. The summed E-state index contributed by atoms with van der Waals surface area (Å²) in [5.41, 5.74) is 8.07. The van der Waals surface area contributed by atoms with Crippen molar-refractivity contribution in [2.24, 2.45) is 5.73 Å². The van der Waals surface area contributed by atoms with Crippen LogP contribution in [0.25, 0.3) is 0 Å². The first kappa shape index (κ1) is 33.9. The molecule has 37 heavy (non-hydrogen) atoms. The Morgan fingerprint density at radius 2 is 1.43 bits per heavy atom. The first-order valence-corrected chi connectivity index (χ1v) is 18.3. The molecule has 0 saturated carbocycles. The predicted molar refractivity (Wildman–Crippen MR) is 154 cm³/mol. The van der Waals surface area contributed by atoms with E-state index in [9.17, 15) is 4.79 Å². The summed E-state index contributed by atoms with van der Waals surface area (Å²) in [6.07, 6.45) is 2.57. The molecule has 212 valence electrons. The quantitative estimate of drug-likeness (QED) is 0.141. The molecule has 0 aliphatic carbocycles. The van der Waals surface area contributed by atoms with E-state index in [4.69, 9.17) is 29.4 Å². The number of nitrogens with two attached hydrogens (primary N) is 1. The summed E-state index contributed by atoms with van der Waals surface area (Å²) < 4.78 is 27.2. The maximum atomic E-state index is 12.3. The number of carbonyl (C=O) groups is 1. The first-order valence-electron chi connectivity index (χ1n) is 13.6. The zero-order valence-corrected chi connectivity index (χ0v) is 25.4. The van der Waals surface area contributed by atoms with E-state index in [1.807, 2.05) is 6.07 Å². The molecule has 0 atom stereocenters. The lowest BCUT2D eigenvalue weighted by Gasteiger charge is -2.15. The van der Waals surface area contributed by atoms with E-state index in [0.29, 0.717) is 72.4 Å². The smallest absolute Gasteiger partial charge is 0.224 e. The van der Waals surface area contributed by atoms with Crippen molar-refractivity contribution in [3.63, 3.8) is 0 Å². The number of ether oxygens (including phenoxy) is 5. The highest BCUT2D eigenvalue weighted by molar-refractivity contribution is 6.83. The fourth-order valence-electron chi connectivity index (χ4n) is 3.63. The van der Waals surface area contributed by atoms with Crippen LogP contribution in [0.4, 0.5) is 0 Å². The fraction of sp³-hybridized carbons (Fsp3) is 0.741. The van der Waals surface area contributed by atoms with Crippen molar-refractivity contribution in [3.05, 3.63) is 29.8 Å². The molecule has 1 amide bonds. The number of carbonyl (C=O) groups excluding carboxylic acids is 1. The number of rotatable bonds is 25. The molecule has 0 heterocycles. The van der Waals surface area contributed by atoms with E-state index in [-0.39, 0.29) is 14.7 Å². The lowest BCUT2D eigenvalue weighted by Crippen LogP contribution is -2.32. The molecule has 0 unspecified atom stereocenters. The number of amides is 1. The predicted octanol–water partition coefficient (Wildman–Crippen LogP) is 2.18. The van der Waals surface area contributed by atoms with Gasteiger partial charge in [0.05, 0.1) is 74.7 Å². The molecule has 0 aromatic heterocycles. The van der Waals surface area contributed by atoms with Gasteiger partial charge in [-0.25, -0.2) is 0 Å². The van der Waals surface area contributed by atoms with E-state index < -0.39 is 8.80 Å². The number of hydrogen-bond acceptors (Lipinski definition) is 7. The summed E-state index contributed by atoms with van der Waals surface area (Å²) in [6, 6.07) is 9.86. The summed E-state index contributed by atoms with van der Waals surface area (Å²) in [5.74, 6) is 0.0275. The van der Waals surface area contributed by atoms with E-state index in [1.54, 1.807) is 0 Å². The topological polar surface area (TPSA) is 101 Å². The first-order chi connectivity index (χ1) is 18.1. The van der Waals surface area contributed by atoms with Crippen molar-refractivity contribution in [3.8, 4) is 0 Å².